The first-order valence-electron chi connectivity index (χ1n) is 3.05. The van der Waals surface area contributed by atoms with Crippen molar-refractivity contribution in [3.8, 4) is 0 Å². The third-order valence-corrected chi connectivity index (χ3v) is 1.84. The van der Waals surface area contributed by atoms with Crippen LogP contribution in [-0.2, 0) is 6.61 Å². The Labute approximate surface area is 81.7 Å². The molecule has 0 spiro atoms. The van der Waals surface area contributed by atoms with Crippen LogP contribution in [-0.4, -0.2) is 15.0 Å². The van der Waals surface area contributed by atoms with Crippen molar-refractivity contribution in [1.82, 2.24) is 4.98 Å². The topological polar surface area (TPSA) is 76.3 Å². The van der Waals surface area contributed by atoms with Gasteiger partial charge in [0.15, 0.2) is 6.20 Å². The largest absolute Gasteiger partial charge is 0.391 e. The lowest BCUT2D eigenvalue weighted by atomic mass is 10.3. The molecule has 0 aliphatic rings. The summed E-state index contributed by atoms with van der Waals surface area (Å²) in [5.74, 6) is -0.280. The monoisotopic (exact) mass is 280 g/mol. The fraction of sp³-hybridized carbons (Fsp3) is 0.167. The second-order valence-electron chi connectivity index (χ2n) is 2.05. The summed E-state index contributed by atoms with van der Waals surface area (Å²) in [6, 6.07) is 1.53. The van der Waals surface area contributed by atoms with E-state index in [2.05, 4.69) is 4.98 Å². The summed E-state index contributed by atoms with van der Waals surface area (Å²) < 4.78 is 0.766. The number of nitrogens with zero attached hydrogens (tertiary/aromatic N) is 2. The SMILES string of the molecule is O=[N+]([O-])c1ncc(I)cc1CO. The second-order valence-corrected chi connectivity index (χ2v) is 3.30. The highest BCUT2D eigenvalue weighted by Gasteiger charge is 2.14. The Morgan fingerprint density at radius 3 is 2.92 bits per heavy atom. The molecule has 1 aromatic heterocycles. The number of hydrogen-bond acceptors (Lipinski definition) is 4. The van der Waals surface area contributed by atoms with Crippen LogP contribution in [0, 0.1) is 13.7 Å². The molecule has 0 saturated heterocycles. The Morgan fingerprint density at radius 1 is 1.75 bits per heavy atom. The van der Waals surface area contributed by atoms with Crippen molar-refractivity contribution in [2.24, 2.45) is 0 Å². The van der Waals surface area contributed by atoms with Gasteiger partial charge in [0.2, 0.25) is 0 Å². The molecule has 0 saturated carbocycles. The van der Waals surface area contributed by atoms with E-state index in [-0.39, 0.29) is 18.0 Å². The molecule has 0 aromatic carbocycles. The van der Waals surface area contributed by atoms with Gasteiger partial charge >= 0.3 is 5.82 Å². The minimum Gasteiger partial charge on any atom is -0.391 e. The van der Waals surface area contributed by atoms with Crippen LogP contribution >= 0.6 is 22.6 Å². The van der Waals surface area contributed by atoms with E-state index in [0.29, 0.717) is 0 Å². The zero-order valence-electron chi connectivity index (χ0n) is 5.90. The number of halogens is 1. The minimum atomic E-state index is -0.609. The van der Waals surface area contributed by atoms with E-state index in [1.54, 1.807) is 0 Å². The maximum absolute atomic E-state index is 10.3. The molecule has 0 amide bonds. The molecule has 0 fully saturated rings. The smallest absolute Gasteiger partial charge is 0.369 e. The van der Waals surface area contributed by atoms with Crippen molar-refractivity contribution >= 4 is 28.4 Å². The van der Waals surface area contributed by atoms with Crippen LogP contribution in [0.4, 0.5) is 5.82 Å². The van der Waals surface area contributed by atoms with Gasteiger partial charge in [0.05, 0.1) is 15.7 Å². The summed E-state index contributed by atoms with van der Waals surface area (Å²) in [4.78, 5) is 13.3. The first-order chi connectivity index (χ1) is 5.65. The zero-order valence-corrected chi connectivity index (χ0v) is 8.06. The van der Waals surface area contributed by atoms with Crippen molar-refractivity contribution < 1.29 is 10.0 Å². The average molecular weight is 280 g/mol. The molecule has 6 heteroatoms. The van der Waals surface area contributed by atoms with Gasteiger partial charge in [0.1, 0.15) is 0 Å². The fourth-order valence-corrected chi connectivity index (χ4v) is 1.27. The Morgan fingerprint density at radius 2 is 2.42 bits per heavy atom. The minimum absolute atomic E-state index is 0.243. The molecule has 0 aliphatic heterocycles. The third-order valence-electron chi connectivity index (χ3n) is 1.25. The molecule has 0 aliphatic carbocycles. The van der Waals surface area contributed by atoms with Gasteiger partial charge in [-0.1, -0.05) is 0 Å². The van der Waals surface area contributed by atoms with Crippen LogP contribution in [0.3, 0.4) is 0 Å². The molecule has 0 bridgehead atoms. The zero-order chi connectivity index (χ0) is 9.14. The molecular formula is C6H5IN2O3. The Balaban J connectivity index is 3.20. The summed E-state index contributed by atoms with van der Waals surface area (Å²) in [5, 5.41) is 19.1. The Bertz CT molecular complexity index is 316. The first kappa shape index (κ1) is 9.33. The van der Waals surface area contributed by atoms with Crippen LogP contribution in [0.2, 0.25) is 0 Å². The molecular weight excluding hydrogens is 275 g/mol. The van der Waals surface area contributed by atoms with E-state index in [9.17, 15) is 10.1 Å². The van der Waals surface area contributed by atoms with Gasteiger partial charge in [0.25, 0.3) is 0 Å². The molecule has 12 heavy (non-hydrogen) atoms. The standard InChI is InChI=1S/C6H5IN2O3/c7-5-1-4(3-10)6(8-2-5)9(11)12/h1-2,10H,3H2. The molecule has 64 valence electrons. The van der Waals surface area contributed by atoms with Gasteiger partial charge in [-0.25, -0.2) is 0 Å². The highest BCUT2D eigenvalue weighted by atomic mass is 127. The molecule has 1 N–H and O–H groups in total. The van der Waals surface area contributed by atoms with Crippen molar-refractivity contribution in [3.05, 3.63) is 31.5 Å². The maximum atomic E-state index is 10.3. The lowest BCUT2D eigenvalue weighted by Gasteiger charge is -1.97. The highest BCUT2D eigenvalue weighted by Crippen LogP contribution is 2.17. The van der Waals surface area contributed by atoms with E-state index in [1.165, 1.54) is 12.3 Å². The second kappa shape index (κ2) is 3.76. The number of aromatic nitrogens is 1. The van der Waals surface area contributed by atoms with Crippen LogP contribution in [0.15, 0.2) is 12.3 Å². The van der Waals surface area contributed by atoms with Gasteiger partial charge in [-0.15, -0.1) is 0 Å². The lowest BCUT2D eigenvalue weighted by molar-refractivity contribution is -0.390. The van der Waals surface area contributed by atoms with Crippen LogP contribution in [0.25, 0.3) is 0 Å². The van der Waals surface area contributed by atoms with Crippen LogP contribution < -0.4 is 0 Å². The molecule has 1 aromatic rings. The summed E-state index contributed by atoms with van der Waals surface area (Å²) in [6.45, 7) is -0.361. The van der Waals surface area contributed by atoms with Crippen molar-refractivity contribution in [2.75, 3.05) is 0 Å². The van der Waals surface area contributed by atoms with E-state index >= 15 is 0 Å². The Kier molecular flexibility index (Phi) is 2.93. The lowest BCUT2D eigenvalue weighted by Crippen LogP contribution is -1.98. The summed E-state index contributed by atoms with van der Waals surface area (Å²) >= 11 is 1.97. The van der Waals surface area contributed by atoms with E-state index < -0.39 is 4.92 Å². The van der Waals surface area contributed by atoms with Gasteiger partial charge < -0.3 is 15.2 Å². The number of aliphatic hydroxyl groups is 1. The number of aliphatic hydroxyl groups excluding tert-OH is 1. The molecule has 0 unspecified atom stereocenters. The quantitative estimate of drug-likeness (QED) is 0.499. The van der Waals surface area contributed by atoms with Gasteiger partial charge in [-0.3, -0.25) is 0 Å². The van der Waals surface area contributed by atoms with E-state index in [4.69, 9.17) is 5.11 Å². The number of pyridine rings is 1. The summed E-state index contributed by atoms with van der Waals surface area (Å²) in [7, 11) is 0. The molecule has 1 rings (SSSR count). The van der Waals surface area contributed by atoms with Crippen molar-refractivity contribution in [1.29, 1.82) is 0 Å². The first-order valence-corrected chi connectivity index (χ1v) is 4.12. The normalized spacial score (nSPS) is 9.83. The fourth-order valence-electron chi connectivity index (χ4n) is 0.755. The van der Waals surface area contributed by atoms with Gasteiger partial charge in [-0.05, 0) is 38.6 Å². The predicted octanol–water partition coefficient (Wildman–Crippen LogP) is 1.09. The Hall–Kier alpha value is -0.760. The molecule has 0 atom stereocenters. The molecule has 5 nitrogen and oxygen atoms in total. The third kappa shape index (κ3) is 1.89. The molecule has 0 radical (unpaired) electrons. The molecule has 1 heterocycles. The summed E-state index contributed by atoms with van der Waals surface area (Å²) in [6.07, 6.45) is 1.39. The van der Waals surface area contributed by atoms with Crippen molar-refractivity contribution in [3.63, 3.8) is 0 Å². The summed E-state index contributed by atoms with van der Waals surface area (Å²) in [5.41, 5.74) is 0.243. The number of rotatable bonds is 2. The highest BCUT2D eigenvalue weighted by molar-refractivity contribution is 14.1. The van der Waals surface area contributed by atoms with Gasteiger partial charge in [-0.2, -0.15) is 0 Å². The number of nitro groups is 1. The average Bonchev–Trinajstić information content (AvgIpc) is 2.03. The number of hydrogen-bond donors (Lipinski definition) is 1. The van der Waals surface area contributed by atoms with Crippen LogP contribution in [0.1, 0.15) is 5.56 Å². The van der Waals surface area contributed by atoms with Gasteiger partial charge in [0, 0.05) is 0 Å². The predicted molar refractivity (Wildman–Crippen MR) is 49.5 cm³/mol. The van der Waals surface area contributed by atoms with E-state index in [1.807, 2.05) is 22.6 Å². The maximum Gasteiger partial charge on any atom is 0.369 e. The van der Waals surface area contributed by atoms with Crippen LogP contribution in [0.5, 0.6) is 0 Å². The van der Waals surface area contributed by atoms with Crippen molar-refractivity contribution in [2.45, 2.75) is 6.61 Å². The van der Waals surface area contributed by atoms with E-state index in [0.717, 1.165) is 3.57 Å².